The third-order valence-electron chi connectivity index (χ3n) is 1.59. The first-order valence-corrected chi connectivity index (χ1v) is 4.85. The lowest BCUT2D eigenvalue weighted by Crippen LogP contribution is -2.28. The van der Waals surface area contributed by atoms with Crippen molar-refractivity contribution in [2.24, 2.45) is 5.10 Å². The smallest absolute Gasteiger partial charge is 0.334 e. The van der Waals surface area contributed by atoms with Gasteiger partial charge in [0.15, 0.2) is 0 Å². The summed E-state index contributed by atoms with van der Waals surface area (Å²) in [6.45, 7) is 0. The first-order valence-electron chi connectivity index (χ1n) is 4.10. The summed E-state index contributed by atoms with van der Waals surface area (Å²) in [4.78, 5) is 10.8. The normalized spacial score (nSPS) is 10.3. The monoisotopic (exact) mass is 245 g/mol. The Morgan fingerprint density at radius 3 is 2.53 bits per heavy atom. The molecular weight excluding hydrogens is 237 g/mol. The first-order chi connectivity index (χ1) is 7.15. The van der Waals surface area contributed by atoms with Gasteiger partial charge in [-0.3, -0.25) is 0 Å². The van der Waals surface area contributed by atoms with Crippen LogP contribution in [-0.4, -0.2) is 19.3 Å². The van der Waals surface area contributed by atoms with Gasteiger partial charge in [-0.15, -0.1) is 0 Å². The maximum absolute atomic E-state index is 10.8. The van der Waals surface area contributed by atoms with E-state index in [1.165, 1.54) is 13.3 Å². The number of nitrogens with zero attached hydrogens (tertiary/aromatic N) is 1. The largest absolute Gasteiger partial charge is 0.340 e. The fraction of sp³-hybridized carbons (Fsp3) is 0.111. The van der Waals surface area contributed by atoms with Crippen molar-refractivity contribution in [3.05, 3.63) is 33.8 Å². The van der Waals surface area contributed by atoms with Gasteiger partial charge < -0.3 is 5.32 Å². The molecule has 0 radical (unpaired) electrons. The fourth-order valence-corrected chi connectivity index (χ4v) is 1.34. The molecule has 0 unspecified atom stereocenters. The van der Waals surface area contributed by atoms with Crippen molar-refractivity contribution in [1.29, 1.82) is 0 Å². The highest BCUT2D eigenvalue weighted by atomic mass is 35.5. The molecule has 0 atom stereocenters. The van der Waals surface area contributed by atoms with E-state index in [1.54, 1.807) is 18.2 Å². The summed E-state index contributed by atoms with van der Waals surface area (Å²) in [5, 5.41) is 6.98. The number of carbonyl (C=O) groups is 1. The highest BCUT2D eigenvalue weighted by Crippen LogP contribution is 2.21. The second-order valence-corrected chi connectivity index (χ2v) is 3.40. The van der Waals surface area contributed by atoms with E-state index in [9.17, 15) is 4.79 Å². The van der Waals surface area contributed by atoms with E-state index < -0.39 is 6.03 Å². The Morgan fingerprint density at radius 2 is 2.00 bits per heavy atom. The molecule has 0 fully saturated rings. The van der Waals surface area contributed by atoms with Crippen molar-refractivity contribution < 1.29 is 4.79 Å². The molecule has 0 aliphatic carbocycles. The van der Waals surface area contributed by atoms with Crippen molar-refractivity contribution in [3.63, 3.8) is 0 Å². The summed E-state index contributed by atoms with van der Waals surface area (Å²) in [6, 6.07) is 4.70. The lowest BCUT2D eigenvalue weighted by atomic mass is 10.2. The quantitative estimate of drug-likeness (QED) is 0.610. The van der Waals surface area contributed by atoms with Gasteiger partial charge in [-0.2, -0.15) is 5.10 Å². The number of rotatable bonds is 2. The lowest BCUT2D eigenvalue weighted by Gasteiger charge is -2.00. The molecule has 0 aliphatic heterocycles. The minimum absolute atomic E-state index is 0.408. The molecule has 0 bridgehead atoms. The zero-order valence-corrected chi connectivity index (χ0v) is 9.43. The molecule has 0 spiro atoms. The summed E-state index contributed by atoms with van der Waals surface area (Å²) in [7, 11) is 1.49. The van der Waals surface area contributed by atoms with Crippen molar-refractivity contribution in [3.8, 4) is 0 Å². The molecule has 0 saturated carbocycles. The Morgan fingerprint density at radius 1 is 1.40 bits per heavy atom. The zero-order valence-electron chi connectivity index (χ0n) is 7.92. The standard InChI is InChI=1S/C9H9Cl2N3O/c1-12-9(15)14-13-5-6-7(10)3-2-4-8(6)11/h2-5H,1H3,(H2,12,14,15)/b13-5+. The number of hydrazone groups is 1. The summed E-state index contributed by atoms with van der Waals surface area (Å²) in [5.74, 6) is 0. The first kappa shape index (κ1) is 11.8. The Kier molecular flexibility index (Phi) is 4.39. The predicted molar refractivity (Wildman–Crippen MR) is 61.6 cm³/mol. The average Bonchev–Trinajstić information content (AvgIpc) is 2.22. The van der Waals surface area contributed by atoms with Gasteiger partial charge in [0.05, 0.1) is 16.3 Å². The second kappa shape index (κ2) is 5.58. The minimum atomic E-state index is -0.408. The maximum Gasteiger partial charge on any atom is 0.334 e. The van der Waals surface area contributed by atoms with Crippen LogP contribution < -0.4 is 10.7 Å². The van der Waals surface area contributed by atoms with Gasteiger partial charge >= 0.3 is 6.03 Å². The maximum atomic E-state index is 10.8. The van der Waals surface area contributed by atoms with Crippen molar-refractivity contribution in [2.75, 3.05) is 7.05 Å². The lowest BCUT2D eigenvalue weighted by molar-refractivity contribution is 0.243. The minimum Gasteiger partial charge on any atom is -0.340 e. The van der Waals surface area contributed by atoms with Gasteiger partial charge in [-0.25, -0.2) is 10.2 Å². The molecule has 0 heterocycles. The molecule has 80 valence electrons. The van der Waals surface area contributed by atoms with E-state index >= 15 is 0 Å². The molecule has 6 heteroatoms. The van der Waals surface area contributed by atoms with E-state index in [0.717, 1.165) is 0 Å². The van der Waals surface area contributed by atoms with E-state index in [0.29, 0.717) is 15.6 Å². The molecule has 0 aromatic heterocycles. The second-order valence-electron chi connectivity index (χ2n) is 2.58. The predicted octanol–water partition coefficient (Wildman–Crippen LogP) is 2.26. The van der Waals surface area contributed by atoms with Gasteiger partial charge in [-0.05, 0) is 12.1 Å². The molecule has 1 rings (SSSR count). The third-order valence-corrected chi connectivity index (χ3v) is 2.25. The zero-order chi connectivity index (χ0) is 11.3. The SMILES string of the molecule is CNC(=O)N/N=C/c1c(Cl)cccc1Cl. The number of hydrogen-bond acceptors (Lipinski definition) is 2. The van der Waals surface area contributed by atoms with Gasteiger partial charge in [-0.1, -0.05) is 29.3 Å². The summed E-state index contributed by atoms with van der Waals surface area (Å²) >= 11 is 11.7. The van der Waals surface area contributed by atoms with Crippen molar-refractivity contribution >= 4 is 35.4 Å². The Balaban J connectivity index is 2.76. The Hall–Kier alpha value is -1.26. The van der Waals surface area contributed by atoms with Gasteiger partial charge in [0, 0.05) is 12.6 Å². The Labute approximate surface area is 97.3 Å². The number of halogens is 2. The van der Waals surface area contributed by atoms with E-state index in [4.69, 9.17) is 23.2 Å². The number of nitrogens with one attached hydrogen (secondary N) is 2. The van der Waals surface area contributed by atoms with E-state index in [-0.39, 0.29) is 0 Å². The van der Waals surface area contributed by atoms with Crippen LogP contribution in [-0.2, 0) is 0 Å². The van der Waals surface area contributed by atoms with Crippen LogP contribution in [0.5, 0.6) is 0 Å². The summed E-state index contributed by atoms with van der Waals surface area (Å²) < 4.78 is 0. The van der Waals surface area contributed by atoms with Gasteiger partial charge in [0.25, 0.3) is 0 Å². The van der Waals surface area contributed by atoms with Gasteiger partial charge in [0.2, 0.25) is 0 Å². The average molecular weight is 246 g/mol. The van der Waals surface area contributed by atoms with Crippen LogP contribution in [0.25, 0.3) is 0 Å². The number of amides is 2. The molecule has 0 saturated heterocycles. The highest BCUT2D eigenvalue weighted by Gasteiger charge is 2.01. The third kappa shape index (κ3) is 3.42. The fourth-order valence-electron chi connectivity index (χ4n) is 0.845. The molecule has 1 aromatic carbocycles. The summed E-state index contributed by atoms with van der Waals surface area (Å²) in [6.07, 6.45) is 1.39. The topological polar surface area (TPSA) is 53.5 Å². The van der Waals surface area contributed by atoms with Crippen LogP contribution in [0.3, 0.4) is 0 Å². The number of carbonyl (C=O) groups excluding carboxylic acids is 1. The van der Waals surface area contributed by atoms with E-state index in [2.05, 4.69) is 15.8 Å². The Bertz CT molecular complexity index is 373. The highest BCUT2D eigenvalue weighted by molar-refractivity contribution is 6.38. The molecule has 2 amide bonds. The van der Waals surface area contributed by atoms with E-state index in [1.807, 2.05) is 0 Å². The van der Waals surface area contributed by atoms with Crippen LogP contribution in [0.4, 0.5) is 4.79 Å². The molecule has 1 aromatic rings. The molecule has 0 aliphatic rings. The molecule has 15 heavy (non-hydrogen) atoms. The number of benzene rings is 1. The summed E-state index contributed by atoms with van der Waals surface area (Å²) in [5.41, 5.74) is 2.80. The van der Waals surface area contributed by atoms with Crippen molar-refractivity contribution in [1.82, 2.24) is 10.7 Å². The molecular formula is C9H9Cl2N3O. The molecule has 2 N–H and O–H groups in total. The van der Waals surface area contributed by atoms with Crippen LogP contribution in [0.15, 0.2) is 23.3 Å². The molecule has 4 nitrogen and oxygen atoms in total. The van der Waals surface area contributed by atoms with Crippen LogP contribution in [0.2, 0.25) is 10.0 Å². The van der Waals surface area contributed by atoms with Gasteiger partial charge in [0.1, 0.15) is 0 Å². The number of hydrogen-bond donors (Lipinski definition) is 2. The number of urea groups is 1. The van der Waals surface area contributed by atoms with Crippen LogP contribution in [0.1, 0.15) is 5.56 Å². The van der Waals surface area contributed by atoms with Crippen LogP contribution in [0, 0.1) is 0 Å². The van der Waals surface area contributed by atoms with Crippen molar-refractivity contribution in [2.45, 2.75) is 0 Å². The van der Waals surface area contributed by atoms with Crippen LogP contribution >= 0.6 is 23.2 Å².